The van der Waals surface area contributed by atoms with Crippen LogP contribution in [0.25, 0.3) is 11.2 Å². The fraction of sp³-hybridized carbons (Fsp3) is 0.143. The van der Waals surface area contributed by atoms with Crippen LogP contribution in [0.5, 0.6) is 0 Å². The molecule has 0 aliphatic carbocycles. The summed E-state index contributed by atoms with van der Waals surface area (Å²) < 4.78 is 4.36. The number of benzene rings is 2. The Hall–Kier alpha value is -3.65. The maximum Gasteiger partial charge on any atom is 0.332 e. The summed E-state index contributed by atoms with van der Waals surface area (Å²) in [5.74, 6) is 0.479. The van der Waals surface area contributed by atoms with Gasteiger partial charge >= 0.3 is 5.69 Å². The Bertz CT molecular complexity index is 1430. The number of rotatable bonds is 2. The van der Waals surface area contributed by atoms with Crippen molar-refractivity contribution >= 4 is 40.1 Å². The number of aryl methyl sites for hydroxylation is 1. The molecule has 0 atom stereocenters. The molecule has 9 heteroatoms. The van der Waals surface area contributed by atoms with E-state index in [2.05, 4.69) is 4.98 Å². The Balaban J connectivity index is 1.81. The van der Waals surface area contributed by atoms with Crippen LogP contribution in [-0.4, -0.2) is 24.4 Å². The van der Waals surface area contributed by atoms with Crippen molar-refractivity contribution in [3.63, 3.8) is 0 Å². The summed E-state index contributed by atoms with van der Waals surface area (Å²) in [5.41, 5.74) is 2.29. The molecule has 0 N–H and O–H groups in total. The van der Waals surface area contributed by atoms with Gasteiger partial charge in [0.05, 0.1) is 17.9 Å². The topological polar surface area (TPSA) is 77.4 Å². The second-order valence-electron chi connectivity index (χ2n) is 7.08. The average molecular weight is 421 g/mol. The van der Waals surface area contributed by atoms with Crippen molar-refractivity contribution in [2.24, 2.45) is 19.2 Å². The highest BCUT2D eigenvalue weighted by Gasteiger charge is 2.28. The van der Waals surface area contributed by atoms with E-state index < -0.39 is 11.2 Å². The Morgan fingerprint density at radius 1 is 0.933 bits per heavy atom. The molecular formula is C21H17ClN6O2. The highest BCUT2D eigenvalue weighted by atomic mass is 35.5. The van der Waals surface area contributed by atoms with Gasteiger partial charge in [0.1, 0.15) is 0 Å². The molecule has 2 aromatic heterocycles. The second-order valence-corrected chi connectivity index (χ2v) is 7.51. The minimum absolute atomic E-state index is 0.225. The normalized spacial score (nSPS) is 13.4. The number of hydrogen-bond acceptors (Lipinski definition) is 5. The van der Waals surface area contributed by atoms with Crippen molar-refractivity contribution in [1.29, 1.82) is 0 Å². The molecule has 3 heterocycles. The first-order chi connectivity index (χ1) is 14.5. The number of aromatic nitrogens is 4. The maximum atomic E-state index is 12.8. The van der Waals surface area contributed by atoms with E-state index in [0.29, 0.717) is 23.2 Å². The SMILES string of the molecule is Cn1c(=O)c2nc3n(c2n(C)c1=O)CC(c1ccc(Cl)cc1)=NN3c1ccccc1. The van der Waals surface area contributed by atoms with Gasteiger partial charge in [-0.1, -0.05) is 41.9 Å². The number of hydrazone groups is 1. The third-order valence-electron chi connectivity index (χ3n) is 5.22. The maximum absolute atomic E-state index is 12.8. The van der Waals surface area contributed by atoms with Gasteiger partial charge in [-0.25, -0.2) is 9.78 Å². The molecule has 0 fully saturated rings. The van der Waals surface area contributed by atoms with Crippen LogP contribution in [0, 0.1) is 0 Å². The summed E-state index contributed by atoms with van der Waals surface area (Å²) in [6.07, 6.45) is 0. The van der Waals surface area contributed by atoms with Gasteiger partial charge in [-0.2, -0.15) is 10.1 Å². The smallest absolute Gasteiger partial charge is 0.288 e. The lowest BCUT2D eigenvalue weighted by atomic mass is 10.1. The van der Waals surface area contributed by atoms with Crippen molar-refractivity contribution < 1.29 is 0 Å². The fourth-order valence-corrected chi connectivity index (χ4v) is 3.79. The average Bonchev–Trinajstić information content (AvgIpc) is 3.16. The fourth-order valence-electron chi connectivity index (χ4n) is 3.67. The van der Waals surface area contributed by atoms with E-state index >= 15 is 0 Å². The van der Waals surface area contributed by atoms with Crippen molar-refractivity contribution in [3.05, 3.63) is 86.0 Å². The second kappa shape index (κ2) is 6.70. The molecule has 0 bridgehead atoms. The molecule has 0 radical (unpaired) electrons. The lowest BCUT2D eigenvalue weighted by molar-refractivity contribution is 0.689. The third-order valence-corrected chi connectivity index (χ3v) is 5.47. The lowest BCUT2D eigenvalue weighted by Crippen LogP contribution is -2.37. The van der Waals surface area contributed by atoms with E-state index in [0.717, 1.165) is 21.5 Å². The van der Waals surface area contributed by atoms with Crippen LogP contribution in [0.4, 0.5) is 11.6 Å². The van der Waals surface area contributed by atoms with E-state index in [1.54, 1.807) is 24.2 Å². The van der Waals surface area contributed by atoms with Crippen LogP contribution in [-0.2, 0) is 20.6 Å². The van der Waals surface area contributed by atoms with Crippen LogP contribution >= 0.6 is 11.6 Å². The van der Waals surface area contributed by atoms with Gasteiger partial charge in [0, 0.05) is 19.1 Å². The number of para-hydroxylation sites is 1. The zero-order valence-corrected chi connectivity index (χ0v) is 17.0. The summed E-state index contributed by atoms with van der Waals surface area (Å²) in [6, 6.07) is 17.0. The van der Waals surface area contributed by atoms with Crippen molar-refractivity contribution in [1.82, 2.24) is 18.7 Å². The number of hydrogen-bond donors (Lipinski definition) is 0. The van der Waals surface area contributed by atoms with Crippen LogP contribution in [0.15, 0.2) is 69.3 Å². The molecular weight excluding hydrogens is 404 g/mol. The molecule has 30 heavy (non-hydrogen) atoms. The van der Waals surface area contributed by atoms with Gasteiger partial charge in [-0.3, -0.25) is 18.5 Å². The van der Waals surface area contributed by atoms with E-state index in [9.17, 15) is 9.59 Å². The molecule has 1 aliphatic rings. The predicted octanol–water partition coefficient (Wildman–Crippen LogP) is 2.64. The number of imidazole rings is 1. The molecule has 150 valence electrons. The highest BCUT2D eigenvalue weighted by Crippen LogP contribution is 2.31. The number of anilines is 2. The van der Waals surface area contributed by atoms with Crippen LogP contribution < -0.4 is 16.3 Å². The number of fused-ring (bicyclic) bond motifs is 3. The van der Waals surface area contributed by atoms with Gasteiger partial charge in [0.2, 0.25) is 5.95 Å². The van der Waals surface area contributed by atoms with E-state index in [1.807, 2.05) is 47.0 Å². The van der Waals surface area contributed by atoms with Crippen molar-refractivity contribution in [2.45, 2.75) is 6.54 Å². The molecule has 5 rings (SSSR count). The van der Waals surface area contributed by atoms with E-state index in [4.69, 9.17) is 16.7 Å². The first kappa shape index (κ1) is 18.4. The standard InChI is InChI=1S/C21H17ClN6O2/c1-25-18-17(19(29)26(2)21(25)30)23-20-27(18)12-16(13-8-10-14(22)11-9-13)24-28(20)15-6-4-3-5-7-15/h3-11H,12H2,1-2H3. The minimum atomic E-state index is -0.434. The summed E-state index contributed by atoms with van der Waals surface area (Å²) in [5, 5.41) is 7.15. The van der Waals surface area contributed by atoms with Crippen LogP contribution in [0.3, 0.4) is 0 Å². The summed E-state index contributed by atoms with van der Waals surface area (Å²) in [4.78, 5) is 29.9. The number of nitrogens with zero attached hydrogens (tertiary/aromatic N) is 6. The monoisotopic (exact) mass is 420 g/mol. The first-order valence-corrected chi connectivity index (χ1v) is 9.68. The van der Waals surface area contributed by atoms with Gasteiger partial charge in [-0.05, 0) is 29.8 Å². The molecule has 8 nitrogen and oxygen atoms in total. The van der Waals surface area contributed by atoms with E-state index in [-0.39, 0.29) is 5.52 Å². The Morgan fingerprint density at radius 2 is 1.63 bits per heavy atom. The minimum Gasteiger partial charge on any atom is -0.288 e. The van der Waals surface area contributed by atoms with Gasteiger partial charge < -0.3 is 0 Å². The van der Waals surface area contributed by atoms with Gasteiger partial charge in [0.15, 0.2) is 11.2 Å². The zero-order chi connectivity index (χ0) is 21.0. The molecule has 0 saturated carbocycles. The van der Waals surface area contributed by atoms with Crippen LogP contribution in [0.1, 0.15) is 5.56 Å². The quantitative estimate of drug-likeness (QED) is 0.499. The molecule has 2 aromatic carbocycles. The van der Waals surface area contributed by atoms with Crippen LogP contribution in [0.2, 0.25) is 5.02 Å². The highest BCUT2D eigenvalue weighted by molar-refractivity contribution is 6.30. The number of halogens is 1. The summed E-state index contributed by atoms with van der Waals surface area (Å²) in [7, 11) is 3.09. The molecule has 0 spiro atoms. The first-order valence-electron chi connectivity index (χ1n) is 9.30. The lowest BCUT2D eigenvalue weighted by Gasteiger charge is -2.26. The molecule has 4 aromatic rings. The van der Waals surface area contributed by atoms with Gasteiger partial charge in [-0.15, -0.1) is 0 Å². The largest absolute Gasteiger partial charge is 0.332 e. The zero-order valence-electron chi connectivity index (χ0n) is 16.3. The predicted molar refractivity (Wildman–Crippen MR) is 117 cm³/mol. The Kier molecular flexibility index (Phi) is 4.11. The third kappa shape index (κ3) is 2.68. The van der Waals surface area contributed by atoms with Crippen molar-refractivity contribution in [2.75, 3.05) is 5.01 Å². The summed E-state index contributed by atoms with van der Waals surface area (Å²) >= 11 is 6.05. The van der Waals surface area contributed by atoms with Crippen molar-refractivity contribution in [3.8, 4) is 0 Å². The molecule has 0 unspecified atom stereocenters. The Morgan fingerprint density at radius 3 is 2.33 bits per heavy atom. The molecule has 1 aliphatic heterocycles. The van der Waals surface area contributed by atoms with Gasteiger partial charge in [0.25, 0.3) is 5.56 Å². The Labute approximate surface area is 175 Å². The molecule has 0 saturated heterocycles. The molecule has 0 amide bonds. The summed E-state index contributed by atoms with van der Waals surface area (Å²) in [6.45, 7) is 0.358. The van der Waals surface area contributed by atoms with E-state index in [1.165, 1.54) is 11.6 Å².